The molecule has 0 spiro atoms. The van der Waals surface area contributed by atoms with E-state index in [2.05, 4.69) is 24.3 Å². The normalized spacial score (nSPS) is 28.7. The summed E-state index contributed by atoms with van der Waals surface area (Å²) in [4.78, 5) is 28.1. The first-order valence-electron chi connectivity index (χ1n) is 10.4. The number of nitrogens with zero attached hydrogens (tertiary/aromatic N) is 1. The molecule has 1 heterocycles. The highest BCUT2D eigenvalue weighted by molar-refractivity contribution is 5.87. The summed E-state index contributed by atoms with van der Waals surface area (Å²) in [5.41, 5.74) is 1.14. The Morgan fingerprint density at radius 2 is 1.85 bits per heavy atom. The summed E-state index contributed by atoms with van der Waals surface area (Å²) < 4.78 is 5.84. The molecule has 3 aliphatic rings. The maximum Gasteiger partial charge on any atom is 0.310 e. The Morgan fingerprint density at radius 1 is 1.07 bits per heavy atom. The van der Waals surface area contributed by atoms with E-state index in [1.807, 2.05) is 23.1 Å². The number of ether oxygens (including phenoxy) is 1. The fourth-order valence-corrected chi connectivity index (χ4v) is 4.86. The van der Waals surface area contributed by atoms with Crippen LogP contribution in [0.15, 0.2) is 42.5 Å². The quantitative estimate of drug-likeness (QED) is 0.594. The first-order valence-corrected chi connectivity index (χ1v) is 10.4. The lowest BCUT2D eigenvalue weighted by Crippen LogP contribution is -2.50. The van der Waals surface area contributed by atoms with E-state index in [0.29, 0.717) is 13.0 Å². The van der Waals surface area contributed by atoms with Crippen LogP contribution in [0.2, 0.25) is 0 Å². The minimum atomic E-state index is -0.326. The molecule has 0 N–H and O–H groups in total. The Hall–Kier alpha value is -2.10. The van der Waals surface area contributed by atoms with Gasteiger partial charge in [-0.3, -0.25) is 9.59 Å². The lowest BCUT2D eigenvalue weighted by atomic mass is 9.71. The number of rotatable bonds is 4. The summed E-state index contributed by atoms with van der Waals surface area (Å²) in [6, 6.07) is 10.1. The van der Waals surface area contributed by atoms with Gasteiger partial charge in [0.15, 0.2) is 0 Å². The van der Waals surface area contributed by atoms with Gasteiger partial charge in [0, 0.05) is 13.1 Å². The second kappa shape index (κ2) is 8.28. The Kier molecular flexibility index (Phi) is 5.61. The smallest absolute Gasteiger partial charge is 0.310 e. The summed E-state index contributed by atoms with van der Waals surface area (Å²) in [6.07, 6.45) is 11.3. The molecule has 0 aromatic heterocycles. The highest BCUT2D eigenvalue weighted by Crippen LogP contribution is 2.39. The lowest BCUT2D eigenvalue weighted by molar-refractivity contribution is -0.164. The van der Waals surface area contributed by atoms with Gasteiger partial charge in [0.2, 0.25) is 5.91 Å². The van der Waals surface area contributed by atoms with Gasteiger partial charge in [-0.05, 0) is 50.0 Å². The second-order valence-electron chi connectivity index (χ2n) is 8.19. The fraction of sp³-hybridized carbons (Fsp3) is 0.565. The number of amides is 1. The number of carbonyl (C=O) groups excluding carboxylic acids is 2. The zero-order valence-corrected chi connectivity index (χ0v) is 15.9. The minimum absolute atomic E-state index is 0.0507. The third kappa shape index (κ3) is 4.10. The minimum Gasteiger partial charge on any atom is -0.462 e. The Morgan fingerprint density at radius 3 is 2.63 bits per heavy atom. The van der Waals surface area contributed by atoms with Crippen molar-refractivity contribution in [1.82, 2.24) is 4.90 Å². The van der Waals surface area contributed by atoms with Gasteiger partial charge in [-0.2, -0.15) is 0 Å². The van der Waals surface area contributed by atoms with Crippen LogP contribution in [0.3, 0.4) is 0 Å². The van der Waals surface area contributed by atoms with E-state index in [-0.39, 0.29) is 35.7 Å². The van der Waals surface area contributed by atoms with Gasteiger partial charge in [0.05, 0.1) is 11.8 Å². The number of fused-ring (bicyclic) bond motifs is 1. The summed E-state index contributed by atoms with van der Waals surface area (Å²) in [5, 5.41) is 0. The van der Waals surface area contributed by atoms with Gasteiger partial charge in [0.25, 0.3) is 0 Å². The van der Waals surface area contributed by atoms with Crippen LogP contribution in [0.4, 0.5) is 0 Å². The van der Waals surface area contributed by atoms with Crippen molar-refractivity contribution in [2.24, 2.45) is 17.8 Å². The van der Waals surface area contributed by atoms with E-state index in [4.69, 9.17) is 4.74 Å². The van der Waals surface area contributed by atoms with Crippen molar-refractivity contribution in [3.8, 4) is 0 Å². The third-order valence-corrected chi connectivity index (χ3v) is 6.35. The number of hydrogen-bond donors (Lipinski definition) is 0. The summed E-state index contributed by atoms with van der Waals surface area (Å²) in [7, 11) is 0. The van der Waals surface area contributed by atoms with Crippen molar-refractivity contribution in [2.45, 2.75) is 57.6 Å². The van der Waals surface area contributed by atoms with Gasteiger partial charge in [-0.25, -0.2) is 0 Å². The van der Waals surface area contributed by atoms with Gasteiger partial charge in [0.1, 0.15) is 6.10 Å². The molecule has 0 bridgehead atoms. The van der Waals surface area contributed by atoms with Crippen molar-refractivity contribution < 1.29 is 14.3 Å². The molecule has 1 saturated carbocycles. The van der Waals surface area contributed by atoms with E-state index in [1.165, 1.54) is 6.42 Å². The van der Waals surface area contributed by atoms with Crippen LogP contribution in [-0.4, -0.2) is 29.4 Å². The van der Waals surface area contributed by atoms with E-state index in [1.54, 1.807) is 0 Å². The molecule has 4 heteroatoms. The van der Waals surface area contributed by atoms with E-state index in [0.717, 1.165) is 44.2 Å². The molecule has 2 aliphatic carbocycles. The molecule has 4 nitrogen and oxygen atoms in total. The van der Waals surface area contributed by atoms with Crippen molar-refractivity contribution in [3.63, 3.8) is 0 Å². The maximum atomic E-state index is 13.3. The van der Waals surface area contributed by atoms with E-state index in [9.17, 15) is 9.59 Å². The van der Waals surface area contributed by atoms with Gasteiger partial charge >= 0.3 is 5.97 Å². The first kappa shape index (κ1) is 18.3. The number of benzene rings is 1. The number of carbonyl (C=O) groups is 2. The maximum absolute atomic E-state index is 13.3. The lowest BCUT2D eigenvalue weighted by Gasteiger charge is -2.41. The number of piperidine rings is 1. The van der Waals surface area contributed by atoms with Crippen LogP contribution in [0.1, 0.15) is 50.5 Å². The summed E-state index contributed by atoms with van der Waals surface area (Å²) in [5.74, 6) is -0.458. The number of hydrogen-bond acceptors (Lipinski definition) is 3. The summed E-state index contributed by atoms with van der Waals surface area (Å²) >= 11 is 0. The number of allylic oxidation sites excluding steroid dienone is 2. The molecule has 1 amide bonds. The molecule has 4 rings (SSSR count). The molecule has 3 atom stereocenters. The zero-order chi connectivity index (χ0) is 18.6. The van der Waals surface area contributed by atoms with E-state index < -0.39 is 0 Å². The first-order chi connectivity index (χ1) is 13.2. The van der Waals surface area contributed by atoms with Crippen LogP contribution in [0, 0.1) is 17.8 Å². The monoisotopic (exact) mass is 367 g/mol. The highest BCUT2D eigenvalue weighted by Gasteiger charge is 2.45. The molecule has 1 saturated heterocycles. The summed E-state index contributed by atoms with van der Waals surface area (Å²) in [6.45, 7) is 1.38. The largest absolute Gasteiger partial charge is 0.462 e. The average molecular weight is 367 g/mol. The molecule has 1 aliphatic heterocycles. The van der Waals surface area contributed by atoms with Crippen LogP contribution in [0.25, 0.3) is 0 Å². The van der Waals surface area contributed by atoms with Crippen molar-refractivity contribution in [3.05, 3.63) is 48.0 Å². The van der Waals surface area contributed by atoms with Crippen LogP contribution in [-0.2, 0) is 20.9 Å². The average Bonchev–Trinajstić information content (AvgIpc) is 2.71. The Labute approximate surface area is 161 Å². The predicted molar refractivity (Wildman–Crippen MR) is 104 cm³/mol. The molecular formula is C23H29NO3. The predicted octanol–water partition coefficient (Wildman–Crippen LogP) is 4.10. The van der Waals surface area contributed by atoms with E-state index >= 15 is 0 Å². The molecular weight excluding hydrogens is 338 g/mol. The standard InChI is InChI=1S/C23H29NO3/c25-22-21-18(14-15-24(22)16-17-8-3-1-4-9-17)10-7-13-20(21)23(26)27-19-11-5-2-6-12-19/h1,3-4,7-10,18-21H,2,5-6,11-16H2. The molecule has 0 radical (unpaired) electrons. The molecule has 1 aromatic rings. The van der Waals surface area contributed by atoms with Gasteiger partial charge in [-0.1, -0.05) is 48.9 Å². The second-order valence-corrected chi connectivity index (χ2v) is 8.19. The molecule has 2 fully saturated rings. The number of likely N-dealkylation sites (tertiary alicyclic amines) is 1. The van der Waals surface area contributed by atoms with Crippen LogP contribution < -0.4 is 0 Å². The fourth-order valence-electron chi connectivity index (χ4n) is 4.86. The highest BCUT2D eigenvalue weighted by atomic mass is 16.5. The molecule has 3 unspecified atom stereocenters. The Balaban J connectivity index is 1.46. The SMILES string of the molecule is O=C(OC1CCCCC1)C1CC=CC2CCN(Cc3ccccc3)C(=O)C21. The van der Waals surface area contributed by atoms with Crippen LogP contribution in [0.5, 0.6) is 0 Å². The van der Waals surface area contributed by atoms with Gasteiger partial charge < -0.3 is 9.64 Å². The van der Waals surface area contributed by atoms with Crippen molar-refractivity contribution in [2.75, 3.05) is 6.54 Å². The molecule has 1 aromatic carbocycles. The number of esters is 1. The van der Waals surface area contributed by atoms with Crippen LogP contribution >= 0.6 is 0 Å². The van der Waals surface area contributed by atoms with Gasteiger partial charge in [-0.15, -0.1) is 0 Å². The zero-order valence-electron chi connectivity index (χ0n) is 15.9. The molecule has 144 valence electrons. The topological polar surface area (TPSA) is 46.6 Å². The van der Waals surface area contributed by atoms with Crippen molar-refractivity contribution >= 4 is 11.9 Å². The van der Waals surface area contributed by atoms with Crippen molar-refractivity contribution in [1.29, 1.82) is 0 Å². The molecule has 27 heavy (non-hydrogen) atoms. The third-order valence-electron chi connectivity index (χ3n) is 6.35. The Bertz CT molecular complexity index is 693.